The zero-order valence-electron chi connectivity index (χ0n) is 7.14. The summed E-state index contributed by atoms with van der Waals surface area (Å²) in [6.07, 6.45) is 2.69. The number of benzene rings is 1. The molecule has 0 saturated heterocycles. The molecule has 1 aliphatic heterocycles. The number of anilines is 1. The first-order chi connectivity index (χ1) is 6.27. The normalized spacial score (nSPS) is 22.2. The second-order valence-corrected chi connectivity index (χ2v) is 5.73. The van der Waals surface area contributed by atoms with Crippen LogP contribution in [-0.2, 0) is 0 Å². The van der Waals surface area contributed by atoms with Gasteiger partial charge in [0.15, 0.2) is 0 Å². The van der Waals surface area contributed by atoms with Crippen LogP contribution in [0, 0.1) is 0 Å². The van der Waals surface area contributed by atoms with E-state index in [1.807, 2.05) is 17.8 Å². The van der Waals surface area contributed by atoms with Gasteiger partial charge in [-0.3, -0.25) is 0 Å². The predicted molar refractivity (Wildman–Crippen MR) is 57.8 cm³/mol. The lowest BCUT2D eigenvalue weighted by atomic mass is 10.3. The monoisotopic (exact) mass is 211 g/mol. The first-order valence-electron chi connectivity index (χ1n) is 4.50. The Morgan fingerprint density at radius 2 is 2.23 bits per heavy atom. The minimum Gasteiger partial charge on any atom is -0.383 e. The Morgan fingerprint density at radius 3 is 3.00 bits per heavy atom. The molecule has 1 spiro atoms. The third-order valence-electron chi connectivity index (χ3n) is 2.68. The molecule has 1 aromatic carbocycles. The smallest absolute Gasteiger partial charge is 0.0480 e. The second kappa shape index (κ2) is 2.58. The molecule has 2 aliphatic rings. The van der Waals surface area contributed by atoms with Gasteiger partial charge in [-0.25, -0.2) is 0 Å². The highest BCUT2D eigenvalue weighted by molar-refractivity contribution is 8.01. The lowest BCUT2D eigenvalue weighted by Gasteiger charge is -2.25. The Hall–Kier alpha value is -0.340. The molecule has 3 heteroatoms. The minimum atomic E-state index is 0.512. The van der Waals surface area contributed by atoms with Gasteiger partial charge in [0.2, 0.25) is 0 Å². The van der Waals surface area contributed by atoms with E-state index in [2.05, 4.69) is 17.4 Å². The van der Waals surface area contributed by atoms with Crippen molar-refractivity contribution in [2.24, 2.45) is 0 Å². The van der Waals surface area contributed by atoms with E-state index in [4.69, 9.17) is 11.6 Å². The summed E-state index contributed by atoms with van der Waals surface area (Å²) < 4.78 is 0.512. The van der Waals surface area contributed by atoms with E-state index < -0.39 is 0 Å². The number of hydrogen-bond donors (Lipinski definition) is 1. The summed E-state index contributed by atoms with van der Waals surface area (Å²) in [5.41, 5.74) is 1.24. The second-order valence-electron chi connectivity index (χ2n) is 3.78. The molecule has 0 bridgehead atoms. The molecule has 1 aliphatic carbocycles. The van der Waals surface area contributed by atoms with Gasteiger partial charge in [-0.2, -0.15) is 0 Å². The Morgan fingerprint density at radius 1 is 1.38 bits per heavy atom. The molecule has 1 N–H and O–H groups in total. The van der Waals surface area contributed by atoms with Crippen molar-refractivity contribution in [1.82, 2.24) is 0 Å². The van der Waals surface area contributed by atoms with Crippen LogP contribution in [0.15, 0.2) is 23.1 Å². The number of hydrogen-bond acceptors (Lipinski definition) is 2. The third-order valence-corrected chi connectivity index (χ3v) is 4.46. The summed E-state index contributed by atoms with van der Waals surface area (Å²) in [6.45, 7) is 1.12. The fourth-order valence-corrected chi connectivity index (χ4v) is 3.26. The Bertz CT molecular complexity index is 360. The zero-order valence-corrected chi connectivity index (χ0v) is 8.71. The third kappa shape index (κ3) is 1.32. The lowest BCUT2D eigenvalue weighted by Crippen LogP contribution is -2.22. The molecule has 0 aromatic heterocycles. The van der Waals surface area contributed by atoms with Gasteiger partial charge in [-0.1, -0.05) is 11.6 Å². The molecular formula is C10H10ClNS. The summed E-state index contributed by atoms with van der Waals surface area (Å²) in [5, 5.41) is 4.30. The summed E-state index contributed by atoms with van der Waals surface area (Å²) in [5.74, 6) is 0. The van der Waals surface area contributed by atoms with Crippen LogP contribution in [0.3, 0.4) is 0 Å². The van der Waals surface area contributed by atoms with Gasteiger partial charge in [0.1, 0.15) is 0 Å². The van der Waals surface area contributed by atoms with Crippen molar-refractivity contribution >= 4 is 29.1 Å². The molecule has 13 heavy (non-hydrogen) atoms. The molecule has 1 nitrogen and oxygen atoms in total. The van der Waals surface area contributed by atoms with Crippen molar-refractivity contribution in [3.63, 3.8) is 0 Å². The Labute approximate surface area is 86.9 Å². The van der Waals surface area contributed by atoms with Gasteiger partial charge in [0.25, 0.3) is 0 Å². The van der Waals surface area contributed by atoms with Crippen LogP contribution in [0.4, 0.5) is 5.69 Å². The van der Waals surface area contributed by atoms with E-state index in [-0.39, 0.29) is 0 Å². The quantitative estimate of drug-likeness (QED) is 0.706. The van der Waals surface area contributed by atoms with E-state index in [0.29, 0.717) is 4.75 Å². The van der Waals surface area contributed by atoms with Crippen molar-refractivity contribution in [1.29, 1.82) is 0 Å². The molecule has 1 saturated carbocycles. The molecular weight excluding hydrogens is 202 g/mol. The van der Waals surface area contributed by atoms with Crippen LogP contribution in [0.1, 0.15) is 12.8 Å². The zero-order chi connectivity index (χ0) is 8.89. The van der Waals surface area contributed by atoms with Gasteiger partial charge in [0, 0.05) is 26.9 Å². The molecule has 0 atom stereocenters. The van der Waals surface area contributed by atoms with E-state index in [1.54, 1.807) is 0 Å². The van der Waals surface area contributed by atoms with Crippen molar-refractivity contribution < 1.29 is 0 Å². The van der Waals surface area contributed by atoms with Gasteiger partial charge in [-0.15, -0.1) is 11.8 Å². The molecule has 3 rings (SSSR count). The topological polar surface area (TPSA) is 12.0 Å². The first kappa shape index (κ1) is 8.01. The molecule has 1 heterocycles. The summed E-state index contributed by atoms with van der Waals surface area (Å²) >= 11 is 7.94. The summed E-state index contributed by atoms with van der Waals surface area (Å²) in [6, 6.07) is 6.08. The van der Waals surface area contributed by atoms with Crippen molar-refractivity contribution in [3.8, 4) is 0 Å². The first-order valence-corrected chi connectivity index (χ1v) is 5.69. The molecule has 0 radical (unpaired) electrons. The average molecular weight is 212 g/mol. The van der Waals surface area contributed by atoms with Crippen molar-refractivity contribution in [2.45, 2.75) is 22.5 Å². The number of nitrogens with one attached hydrogen (secondary N) is 1. The van der Waals surface area contributed by atoms with E-state index in [0.717, 1.165) is 11.6 Å². The molecule has 1 aromatic rings. The van der Waals surface area contributed by atoms with Crippen molar-refractivity contribution in [2.75, 3.05) is 11.9 Å². The maximum Gasteiger partial charge on any atom is 0.0480 e. The standard InChI is InChI=1S/C10H10ClNS/c11-7-1-2-8-9(5-7)13-10(3-4-10)6-12-8/h1-2,5,12H,3-4,6H2. The lowest BCUT2D eigenvalue weighted by molar-refractivity contribution is 0.923. The maximum absolute atomic E-state index is 5.95. The van der Waals surface area contributed by atoms with Gasteiger partial charge in [0.05, 0.1) is 0 Å². The van der Waals surface area contributed by atoms with Gasteiger partial charge in [-0.05, 0) is 31.0 Å². The predicted octanol–water partition coefficient (Wildman–Crippen LogP) is 3.39. The van der Waals surface area contributed by atoms with Gasteiger partial charge >= 0.3 is 0 Å². The summed E-state index contributed by atoms with van der Waals surface area (Å²) in [7, 11) is 0. The SMILES string of the molecule is Clc1ccc2c(c1)SC1(CC1)CN2. The van der Waals surface area contributed by atoms with E-state index >= 15 is 0 Å². The minimum absolute atomic E-state index is 0.512. The largest absolute Gasteiger partial charge is 0.383 e. The fraction of sp³-hybridized carbons (Fsp3) is 0.400. The number of rotatable bonds is 0. The highest BCUT2D eigenvalue weighted by Crippen LogP contribution is 2.55. The Balaban J connectivity index is 2.02. The van der Waals surface area contributed by atoms with Crippen LogP contribution in [0.2, 0.25) is 5.02 Å². The number of thioether (sulfide) groups is 1. The Kier molecular flexibility index (Phi) is 1.59. The van der Waals surface area contributed by atoms with Crippen LogP contribution in [0.5, 0.6) is 0 Å². The van der Waals surface area contributed by atoms with Crippen LogP contribution < -0.4 is 5.32 Å². The highest BCUT2D eigenvalue weighted by atomic mass is 35.5. The molecule has 68 valence electrons. The van der Waals surface area contributed by atoms with E-state index in [1.165, 1.54) is 23.4 Å². The van der Waals surface area contributed by atoms with Crippen LogP contribution in [0.25, 0.3) is 0 Å². The van der Waals surface area contributed by atoms with E-state index in [9.17, 15) is 0 Å². The molecule has 0 unspecified atom stereocenters. The van der Waals surface area contributed by atoms with Crippen molar-refractivity contribution in [3.05, 3.63) is 23.2 Å². The van der Waals surface area contributed by atoms with Gasteiger partial charge < -0.3 is 5.32 Å². The molecule has 1 fully saturated rings. The number of halogens is 1. The highest BCUT2D eigenvalue weighted by Gasteiger charge is 2.45. The van der Waals surface area contributed by atoms with Crippen LogP contribution >= 0.6 is 23.4 Å². The maximum atomic E-state index is 5.95. The average Bonchev–Trinajstić information content (AvgIpc) is 2.84. The molecule has 0 amide bonds. The summed E-state index contributed by atoms with van der Waals surface area (Å²) in [4.78, 5) is 1.32. The fourth-order valence-electron chi connectivity index (χ4n) is 1.67. The van der Waals surface area contributed by atoms with Crippen LogP contribution in [-0.4, -0.2) is 11.3 Å². The number of fused-ring (bicyclic) bond motifs is 1.